The number of halogens is 1. The minimum atomic E-state index is -3.96. The molecule has 1 aliphatic heterocycles. The molecule has 0 bridgehead atoms. The summed E-state index contributed by atoms with van der Waals surface area (Å²) in [6.45, 7) is -0.0859. The van der Waals surface area contributed by atoms with E-state index in [1.165, 1.54) is 31.1 Å². The highest BCUT2D eigenvalue weighted by atomic mass is 32.2. The number of hydrogen-bond acceptors (Lipinski definition) is 5. The van der Waals surface area contributed by atoms with Crippen molar-refractivity contribution < 1.29 is 26.0 Å². The van der Waals surface area contributed by atoms with Crippen LogP contribution in [0.1, 0.15) is 5.56 Å². The fourth-order valence-corrected chi connectivity index (χ4v) is 4.97. The molecule has 0 saturated carbocycles. The molecule has 0 radical (unpaired) electrons. The van der Waals surface area contributed by atoms with E-state index in [1.54, 1.807) is 6.07 Å². The van der Waals surface area contributed by atoms with Crippen LogP contribution < -0.4 is 9.62 Å². The molecule has 8 nitrogen and oxygen atoms in total. The lowest BCUT2D eigenvalue weighted by molar-refractivity contribution is -0.118. The molecule has 156 valence electrons. The van der Waals surface area contributed by atoms with Crippen LogP contribution in [0.2, 0.25) is 0 Å². The summed E-state index contributed by atoms with van der Waals surface area (Å²) in [4.78, 5) is 14.1. The molecular formula is C18H20FN3O5S2. The van der Waals surface area contributed by atoms with Gasteiger partial charge in [0.1, 0.15) is 5.82 Å². The van der Waals surface area contributed by atoms with E-state index in [9.17, 15) is 26.0 Å². The van der Waals surface area contributed by atoms with Gasteiger partial charge in [-0.05, 0) is 61.5 Å². The van der Waals surface area contributed by atoms with E-state index >= 15 is 0 Å². The summed E-state index contributed by atoms with van der Waals surface area (Å²) in [5.41, 5.74) is 1.25. The van der Waals surface area contributed by atoms with Gasteiger partial charge in [0.2, 0.25) is 26.0 Å². The number of benzene rings is 2. The van der Waals surface area contributed by atoms with Crippen molar-refractivity contribution in [2.24, 2.45) is 0 Å². The Morgan fingerprint density at radius 3 is 2.34 bits per heavy atom. The molecule has 0 saturated heterocycles. The molecule has 0 fully saturated rings. The minimum Gasteiger partial charge on any atom is -0.311 e. The summed E-state index contributed by atoms with van der Waals surface area (Å²) in [6.07, 6.45) is 0.461. The van der Waals surface area contributed by atoms with Crippen molar-refractivity contribution in [3.8, 4) is 0 Å². The number of nitrogens with zero attached hydrogens (tertiary/aromatic N) is 2. The number of sulfonamides is 2. The lowest BCUT2D eigenvalue weighted by Crippen LogP contribution is -2.40. The Labute approximate surface area is 169 Å². The van der Waals surface area contributed by atoms with Crippen LogP contribution in [-0.4, -0.2) is 54.2 Å². The predicted octanol–water partition coefficient (Wildman–Crippen LogP) is 0.944. The first kappa shape index (κ1) is 21.4. The molecule has 2 aromatic carbocycles. The monoisotopic (exact) mass is 441 g/mol. The van der Waals surface area contributed by atoms with Gasteiger partial charge in [-0.25, -0.2) is 25.9 Å². The second-order valence-corrected chi connectivity index (χ2v) is 10.4. The van der Waals surface area contributed by atoms with Gasteiger partial charge in [-0.1, -0.05) is 0 Å². The lowest BCUT2D eigenvalue weighted by atomic mass is 10.2. The fraction of sp³-hybridized carbons (Fsp3) is 0.278. The van der Waals surface area contributed by atoms with E-state index in [1.807, 2.05) is 0 Å². The standard InChI is InChI=1S/C18H20FN3O5S2/c1-20-28(24,25)16-7-8-17-13(11-16)9-10-22(17)18(23)12-21(2)29(26,27)15-5-3-14(19)4-6-15/h3-8,11,20H,9-10,12H2,1-2H3. The predicted molar refractivity (Wildman–Crippen MR) is 105 cm³/mol. The number of fused-ring (bicyclic) bond motifs is 1. The highest BCUT2D eigenvalue weighted by molar-refractivity contribution is 7.89. The number of hydrogen-bond donors (Lipinski definition) is 1. The summed E-state index contributed by atoms with van der Waals surface area (Å²) < 4.78 is 65.2. The van der Waals surface area contributed by atoms with Crippen LogP contribution in [0.25, 0.3) is 0 Å². The number of nitrogens with one attached hydrogen (secondary N) is 1. The van der Waals surface area contributed by atoms with Gasteiger partial charge in [-0.3, -0.25) is 4.79 Å². The largest absolute Gasteiger partial charge is 0.311 e. The summed E-state index contributed by atoms with van der Waals surface area (Å²) >= 11 is 0. The van der Waals surface area contributed by atoms with E-state index in [0.29, 0.717) is 24.2 Å². The molecule has 11 heteroatoms. The third-order valence-corrected chi connectivity index (χ3v) is 7.94. The number of anilines is 1. The van der Waals surface area contributed by atoms with Crippen LogP contribution in [0.4, 0.5) is 10.1 Å². The molecule has 0 spiro atoms. The molecule has 1 N–H and O–H groups in total. The Bertz CT molecular complexity index is 1150. The average Bonchev–Trinajstić information content (AvgIpc) is 3.11. The van der Waals surface area contributed by atoms with Crippen LogP contribution in [0.5, 0.6) is 0 Å². The van der Waals surface area contributed by atoms with E-state index < -0.39 is 38.3 Å². The van der Waals surface area contributed by atoms with Gasteiger partial charge in [0.05, 0.1) is 16.3 Å². The summed E-state index contributed by atoms with van der Waals surface area (Å²) in [5, 5.41) is 0. The first-order valence-corrected chi connectivity index (χ1v) is 11.6. The molecule has 0 aromatic heterocycles. The van der Waals surface area contributed by atoms with Crippen molar-refractivity contribution in [2.45, 2.75) is 16.2 Å². The third kappa shape index (κ3) is 4.17. The van der Waals surface area contributed by atoms with E-state index in [4.69, 9.17) is 0 Å². The molecule has 2 aromatic rings. The quantitative estimate of drug-likeness (QED) is 0.719. The molecule has 0 aliphatic carbocycles. The lowest BCUT2D eigenvalue weighted by Gasteiger charge is -2.22. The van der Waals surface area contributed by atoms with Crippen LogP contribution >= 0.6 is 0 Å². The van der Waals surface area contributed by atoms with Crippen molar-refractivity contribution in [3.63, 3.8) is 0 Å². The maximum Gasteiger partial charge on any atom is 0.243 e. The molecule has 1 amide bonds. The Morgan fingerprint density at radius 1 is 1.10 bits per heavy atom. The Balaban J connectivity index is 1.78. The minimum absolute atomic E-state index is 0.101. The van der Waals surface area contributed by atoms with Crippen LogP contribution in [-0.2, 0) is 31.3 Å². The Kier molecular flexibility index (Phi) is 5.77. The number of carbonyl (C=O) groups excluding carboxylic acids is 1. The van der Waals surface area contributed by atoms with Gasteiger partial charge >= 0.3 is 0 Å². The van der Waals surface area contributed by atoms with Gasteiger partial charge in [0.15, 0.2) is 0 Å². The molecule has 0 unspecified atom stereocenters. The molecule has 29 heavy (non-hydrogen) atoms. The Morgan fingerprint density at radius 2 is 1.72 bits per heavy atom. The van der Waals surface area contributed by atoms with Crippen LogP contribution in [0.15, 0.2) is 52.3 Å². The number of amides is 1. The van der Waals surface area contributed by atoms with Gasteiger partial charge in [0.25, 0.3) is 0 Å². The van der Waals surface area contributed by atoms with Crippen LogP contribution in [0.3, 0.4) is 0 Å². The zero-order chi connectivity index (χ0) is 21.4. The number of rotatable bonds is 6. The van der Waals surface area contributed by atoms with E-state index in [2.05, 4.69) is 4.72 Å². The van der Waals surface area contributed by atoms with Crippen molar-refractivity contribution in [1.29, 1.82) is 0 Å². The molecule has 1 aliphatic rings. The second kappa shape index (κ2) is 7.82. The number of likely N-dealkylation sites (N-methyl/N-ethyl adjacent to an activating group) is 1. The van der Waals surface area contributed by atoms with Gasteiger partial charge in [-0.2, -0.15) is 4.31 Å². The first-order chi connectivity index (χ1) is 13.6. The van der Waals surface area contributed by atoms with Crippen LogP contribution in [0, 0.1) is 5.82 Å². The van der Waals surface area contributed by atoms with Crippen molar-refractivity contribution in [1.82, 2.24) is 9.03 Å². The maximum atomic E-state index is 13.0. The Hall–Kier alpha value is -2.34. The van der Waals surface area contributed by atoms with Crippen molar-refractivity contribution in [3.05, 3.63) is 53.8 Å². The van der Waals surface area contributed by atoms with Gasteiger partial charge in [0, 0.05) is 19.3 Å². The average molecular weight is 442 g/mol. The zero-order valence-corrected chi connectivity index (χ0v) is 17.4. The highest BCUT2D eigenvalue weighted by Crippen LogP contribution is 2.30. The SMILES string of the molecule is CNS(=O)(=O)c1ccc2c(c1)CCN2C(=O)CN(C)S(=O)(=O)c1ccc(F)cc1. The third-order valence-electron chi connectivity index (χ3n) is 4.71. The van der Waals surface area contributed by atoms with Crippen molar-refractivity contribution in [2.75, 3.05) is 32.1 Å². The second-order valence-electron chi connectivity index (χ2n) is 6.51. The normalized spacial score (nSPS) is 14.3. The van der Waals surface area contributed by atoms with Gasteiger partial charge < -0.3 is 4.90 Å². The summed E-state index contributed by atoms with van der Waals surface area (Å²) in [6, 6.07) is 8.80. The van der Waals surface area contributed by atoms with Crippen molar-refractivity contribution >= 4 is 31.6 Å². The molecule has 1 heterocycles. The highest BCUT2D eigenvalue weighted by Gasteiger charge is 2.30. The summed E-state index contributed by atoms with van der Waals surface area (Å²) in [5.74, 6) is -1.00. The first-order valence-electron chi connectivity index (χ1n) is 8.65. The van der Waals surface area contributed by atoms with E-state index in [0.717, 1.165) is 28.6 Å². The fourth-order valence-electron chi connectivity index (χ4n) is 3.07. The van der Waals surface area contributed by atoms with E-state index in [-0.39, 0.29) is 9.79 Å². The molecule has 3 rings (SSSR count). The maximum absolute atomic E-state index is 13.0. The van der Waals surface area contributed by atoms with Gasteiger partial charge in [-0.15, -0.1) is 0 Å². The zero-order valence-electron chi connectivity index (χ0n) is 15.8. The molecular weight excluding hydrogens is 421 g/mol. The summed E-state index contributed by atoms with van der Waals surface area (Å²) in [7, 11) is -4.96. The molecule has 0 atom stereocenters. The smallest absolute Gasteiger partial charge is 0.243 e. The topological polar surface area (TPSA) is 104 Å². The number of carbonyl (C=O) groups is 1.